The highest BCUT2D eigenvalue weighted by Gasteiger charge is 2.07. The molecule has 1 aromatic heterocycles. The van der Waals surface area contributed by atoms with Crippen LogP contribution in [0.3, 0.4) is 0 Å². The van der Waals surface area contributed by atoms with E-state index in [9.17, 15) is 4.79 Å². The zero-order chi connectivity index (χ0) is 16.2. The third-order valence-corrected chi connectivity index (χ3v) is 4.69. The van der Waals surface area contributed by atoms with E-state index in [1.54, 1.807) is 17.0 Å². The molecule has 0 aliphatic rings. The van der Waals surface area contributed by atoms with Gasteiger partial charge in [-0.1, -0.05) is 53.2 Å². The molecular weight excluding hydrogens is 328 g/mol. The number of halogens is 1. The first-order valence-corrected chi connectivity index (χ1v) is 8.52. The number of thioether (sulfide) groups is 1. The van der Waals surface area contributed by atoms with Crippen molar-refractivity contribution in [2.24, 2.45) is 0 Å². The highest BCUT2D eigenvalue weighted by Crippen LogP contribution is 2.19. The number of aromatic nitrogens is 2. The Kier molecular flexibility index (Phi) is 4.84. The molecule has 0 radical (unpaired) electrons. The molecule has 0 amide bonds. The standard InChI is InChI=1S/C18H15ClN2OS/c1-13-2-8-16(9-3-13)21-11-10-20-17(18(21)22)23-12-14-4-6-15(19)7-5-14/h2-11H,12H2,1H3. The van der Waals surface area contributed by atoms with Crippen LogP contribution < -0.4 is 5.56 Å². The van der Waals surface area contributed by atoms with Crippen LogP contribution in [0.5, 0.6) is 0 Å². The second-order valence-corrected chi connectivity index (χ2v) is 6.56. The molecule has 5 heteroatoms. The third kappa shape index (κ3) is 3.84. The molecule has 0 N–H and O–H groups in total. The van der Waals surface area contributed by atoms with Crippen molar-refractivity contribution in [1.29, 1.82) is 0 Å². The van der Waals surface area contributed by atoms with Gasteiger partial charge < -0.3 is 0 Å². The van der Waals surface area contributed by atoms with Gasteiger partial charge in [0.2, 0.25) is 0 Å². The van der Waals surface area contributed by atoms with E-state index in [1.165, 1.54) is 11.8 Å². The van der Waals surface area contributed by atoms with Gasteiger partial charge in [-0.15, -0.1) is 0 Å². The SMILES string of the molecule is Cc1ccc(-n2ccnc(SCc3ccc(Cl)cc3)c2=O)cc1. The summed E-state index contributed by atoms with van der Waals surface area (Å²) in [6.45, 7) is 2.02. The molecular formula is C18H15ClN2OS. The number of rotatable bonds is 4. The second-order valence-electron chi connectivity index (χ2n) is 5.16. The summed E-state index contributed by atoms with van der Waals surface area (Å²) in [6.07, 6.45) is 3.35. The van der Waals surface area contributed by atoms with Gasteiger partial charge in [0.05, 0.1) is 0 Å². The lowest BCUT2D eigenvalue weighted by molar-refractivity contribution is 0.882. The van der Waals surface area contributed by atoms with E-state index in [-0.39, 0.29) is 5.56 Å². The summed E-state index contributed by atoms with van der Waals surface area (Å²) in [7, 11) is 0. The third-order valence-electron chi connectivity index (χ3n) is 3.41. The van der Waals surface area contributed by atoms with Crippen LogP contribution in [0.2, 0.25) is 5.02 Å². The summed E-state index contributed by atoms with van der Waals surface area (Å²) in [4.78, 5) is 16.8. The average molecular weight is 343 g/mol. The molecule has 1 heterocycles. The molecule has 0 saturated carbocycles. The Morgan fingerprint density at radius 2 is 1.78 bits per heavy atom. The Labute approximate surface area is 144 Å². The van der Waals surface area contributed by atoms with Crippen molar-refractivity contribution in [1.82, 2.24) is 9.55 Å². The maximum Gasteiger partial charge on any atom is 0.287 e. The average Bonchev–Trinajstić information content (AvgIpc) is 2.56. The fourth-order valence-electron chi connectivity index (χ4n) is 2.13. The first-order chi connectivity index (χ1) is 11.1. The minimum Gasteiger partial charge on any atom is -0.280 e. The summed E-state index contributed by atoms with van der Waals surface area (Å²) in [6, 6.07) is 15.5. The molecule has 0 atom stereocenters. The maximum atomic E-state index is 12.6. The lowest BCUT2D eigenvalue weighted by Gasteiger charge is -2.08. The van der Waals surface area contributed by atoms with Crippen molar-refractivity contribution >= 4 is 23.4 Å². The number of hydrogen-bond donors (Lipinski definition) is 0. The van der Waals surface area contributed by atoms with E-state index in [4.69, 9.17) is 11.6 Å². The van der Waals surface area contributed by atoms with Gasteiger partial charge in [0.15, 0.2) is 5.03 Å². The topological polar surface area (TPSA) is 34.9 Å². The molecule has 0 aliphatic carbocycles. The minimum absolute atomic E-state index is 0.102. The van der Waals surface area contributed by atoms with Gasteiger partial charge in [0.25, 0.3) is 5.56 Å². The quantitative estimate of drug-likeness (QED) is 0.655. The molecule has 116 valence electrons. The van der Waals surface area contributed by atoms with Crippen molar-refractivity contribution in [3.63, 3.8) is 0 Å². The van der Waals surface area contributed by atoms with Crippen LogP contribution in [0.1, 0.15) is 11.1 Å². The molecule has 3 nitrogen and oxygen atoms in total. The molecule has 0 spiro atoms. The predicted octanol–water partition coefficient (Wildman–Crippen LogP) is 4.49. The van der Waals surface area contributed by atoms with E-state index in [0.29, 0.717) is 15.8 Å². The van der Waals surface area contributed by atoms with E-state index in [0.717, 1.165) is 16.8 Å². The summed E-state index contributed by atoms with van der Waals surface area (Å²) in [5.41, 5.74) is 3.01. The van der Waals surface area contributed by atoms with Crippen molar-refractivity contribution < 1.29 is 0 Å². The van der Waals surface area contributed by atoms with Crippen molar-refractivity contribution in [2.45, 2.75) is 17.7 Å². The molecule has 3 aromatic rings. The summed E-state index contributed by atoms with van der Waals surface area (Å²) >= 11 is 7.31. The van der Waals surface area contributed by atoms with Crippen LogP contribution in [0.25, 0.3) is 5.69 Å². The minimum atomic E-state index is -0.102. The molecule has 3 rings (SSSR count). The highest BCUT2D eigenvalue weighted by molar-refractivity contribution is 7.98. The van der Waals surface area contributed by atoms with E-state index in [1.807, 2.05) is 55.5 Å². The van der Waals surface area contributed by atoms with E-state index in [2.05, 4.69) is 4.98 Å². The summed E-state index contributed by atoms with van der Waals surface area (Å²) < 4.78 is 1.62. The van der Waals surface area contributed by atoms with Gasteiger partial charge in [-0.2, -0.15) is 0 Å². The van der Waals surface area contributed by atoms with Gasteiger partial charge in [0, 0.05) is 28.9 Å². The lowest BCUT2D eigenvalue weighted by atomic mass is 10.2. The number of benzene rings is 2. The fraction of sp³-hybridized carbons (Fsp3) is 0.111. The molecule has 0 fully saturated rings. The molecule has 2 aromatic carbocycles. The Morgan fingerprint density at radius 1 is 1.09 bits per heavy atom. The molecule has 0 aliphatic heterocycles. The van der Waals surface area contributed by atoms with Crippen molar-refractivity contribution in [2.75, 3.05) is 0 Å². The molecule has 0 bridgehead atoms. The Morgan fingerprint density at radius 3 is 2.48 bits per heavy atom. The predicted molar refractivity (Wildman–Crippen MR) is 95.6 cm³/mol. The van der Waals surface area contributed by atoms with Crippen molar-refractivity contribution in [3.05, 3.63) is 87.4 Å². The normalized spacial score (nSPS) is 10.7. The van der Waals surface area contributed by atoms with Crippen LogP contribution in [-0.4, -0.2) is 9.55 Å². The fourth-order valence-corrected chi connectivity index (χ4v) is 3.11. The van der Waals surface area contributed by atoms with Crippen LogP contribution in [0.15, 0.2) is 70.7 Å². The number of aryl methyl sites for hydroxylation is 1. The lowest BCUT2D eigenvalue weighted by Crippen LogP contribution is -2.20. The first-order valence-electron chi connectivity index (χ1n) is 7.15. The zero-order valence-corrected chi connectivity index (χ0v) is 14.1. The molecule has 23 heavy (non-hydrogen) atoms. The Bertz CT molecular complexity index is 857. The first kappa shape index (κ1) is 15.8. The summed E-state index contributed by atoms with van der Waals surface area (Å²) in [5.74, 6) is 0.678. The zero-order valence-electron chi connectivity index (χ0n) is 12.6. The van der Waals surface area contributed by atoms with Crippen molar-refractivity contribution in [3.8, 4) is 5.69 Å². The van der Waals surface area contributed by atoms with Crippen LogP contribution in [0.4, 0.5) is 0 Å². The van der Waals surface area contributed by atoms with Crippen LogP contribution in [-0.2, 0) is 5.75 Å². The Hall–Kier alpha value is -2.04. The smallest absolute Gasteiger partial charge is 0.280 e. The van der Waals surface area contributed by atoms with Crippen LogP contribution in [0, 0.1) is 6.92 Å². The highest BCUT2D eigenvalue weighted by atomic mass is 35.5. The number of hydrogen-bond acceptors (Lipinski definition) is 3. The van der Waals surface area contributed by atoms with Crippen LogP contribution >= 0.6 is 23.4 Å². The number of nitrogens with zero attached hydrogens (tertiary/aromatic N) is 2. The summed E-state index contributed by atoms with van der Waals surface area (Å²) in [5, 5.41) is 1.20. The van der Waals surface area contributed by atoms with E-state index >= 15 is 0 Å². The largest absolute Gasteiger partial charge is 0.287 e. The van der Waals surface area contributed by atoms with Gasteiger partial charge in [-0.3, -0.25) is 9.36 Å². The van der Waals surface area contributed by atoms with Gasteiger partial charge in [0.1, 0.15) is 0 Å². The van der Waals surface area contributed by atoms with Gasteiger partial charge in [-0.05, 0) is 36.8 Å². The molecule has 0 unspecified atom stereocenters. The second kappa shape index (κ2) is 7.02. The molecule has 0 saturated heterocycles. The Balaban J connectivity index is 1.83. The van der Waals surface area contributed by atoms with E-state index < -0.39 is 0 Å². The van der Waals surface area contributed by atoms with Gasteiger partial charge in [-0.25, -0.2) is 4.98 Å². The monoisotopic (exact) mass is 342 g/mol. The maximum absolute atomic E-state index is 12.6. The van der Waals surface area contributed by atoms with Gasteiger partial charge >= 0.3 is 0 Å².